The third-order valence-corrected chi connectivity index (χ3v) is 6.38. The van der Waals surface area contributed by atoms with Crippen LogP contribution in [0.2, 0.25) is 0 Å². The Morgan fingerprint density at radius 1 is 0.943 bits per heavy atom. The molecule has 4 aromatic rings. The van der Waals surface area contributed by atoms with Crippen molar-refractivity contribution in [2.24, 2.45) is 0 Å². The van der Waals surface area contributed by atoms with E-state index in [1.54, 1.807) is 49.6 Å². The maximum Gasteiger partial charge on any atom is 0.342 e. The molecule has 35 heavy (non-hydrogen) atoms. The van der Waals surface area contributed by atoms with Gasteiger partial charge in [-0.3, -0.25) is 0 Å². The van der Waals surface area contributed by atoms with Crippen molar-refractivity contribution in [2.75, 3.05) is 7.11 Å². The highest BCUT2D eigenvalue weighted by Gasteiger charge is 2.48. The Morgan fingerprint density at radius 3 is 2.29 bits per heavy atom. The largest absolute Gasteiger partial charge is 0.497 e. The van der Waals surface area contributed by atoms with Gasteiger partial charge >= 0.3 is 5.97 Å². The summed E-state index contributed by atoms with van der Waals surface area (Å²) in [5.74, 6) is -1.91. The van der Waals surface area contributed by atoms with Crippen LogP contribution < -0.4 is 4.74 Å². The molecule has 7 heteroatoms. The molecule has 0 spiro atoms. The van der Waals surface area contributed by atoms with Gasteiger partial charge in [0.15, 0.2) is 0 Å². The molecule has 1 aromatic heterocycles. The van der Waals surface area contributed by atoms with Gasteiger partial charge in [0.2, 0.25) is 0 Å². The molecule has 3 aromatic carbocycles. The number of aliphatic hydroxyl groups is 1. The monoisotopic (exact) mass is 470 g/mol. The topological polar surface area (TPSA) is 94.7 Å². The van der Waals surface area contributed by atoms with Crippen molar-refractivity contribution in [2.45, 2.75) is 38.4 Å². The number of rotatable bonds is 5. The molecule has 7 nitrogen and oxygen atoms in total. The van der Waals surface area contributed by atoms with E-state index >= 15 is 0 Å². The van der Waals surface area contributed by atoms with E-state index in [2.05, 4.69) is 43.2 Å². The van der Waals surface area contributed by atoms with Crippen molar-refractivity contribution in [3.63, 3.8) is 0 Å². The average molecular weight is 471 g/mol. The van der Waals surface area contributed by atoms with Crippen LogP contribution in [-0.2, 0) is 27.2 Å². The lowest BCUT2D eigenvalue weighted by Crippen LogP contribution is -2.29. The summed E-state index contributed by atoms with van der Waals surface area (Å²) in [6.07, 6.45) is 0.309. The van der Waals surface area contributed by atoms with Crippen LogP contribution in [0.4, 0.5) is 0 Å². The van der Waals surface area contributed by atoms with Gasteiger partial charge in [-0.2, -0.15) is 0 Å². The highest BCUT2D eigenvalue weighted by atomic mass is 16.7. The molecule has 1 atom stereocenters. The zero-order chi connectivity index (χ0) is 24.8. The van der Waals surface area contributed by atoms with E-state index < -0.39 is 11.8 Å². The van der Waals surface area contributed by atoms with Gasteiger partial charge < -0.3 is 14.6 Å². The highest BCUT2D eigenvalue weighted by molar-refractivity contribution is 6.20. The average Bonchev–Trinajstić information content (AvgIpc) is 3.40. The Balaban J connectivity index is 1.65. The van der Waals surface area contributed by atoms with Crippen LogP contribution in [0.5, 0.6) is 5.75 Å². The Kier molecular flexibility index (Phi) is 5.44. The number of carbonyl (C=O) groups is 1. The maximum atomic E-state index is 13.2. The number of hydrogen-bond donors (Lipinski definition) is 1. The van der Waals surface area contributed by atoms with Crippen molar-refractivity contribution >= 4 is 22.6 Å². The fraction of sp³-hybridized carbons (Fsp3) is 0.250. The predicted molar refractivity (Wildman–Crippen MR) is 131 cm³/mol. The van der Waals surface area contributed by atoms with Crippen molar-refractivity contribution in [1.82, 2.24) is 10.3 Å². The maximum absolute atomic E-state index is 13.2. The zero-order valence-electron chi connectivity index (χ0n) is 20.0. The molecule has 0 amide bonds. The first kappa shape index (κ1) is 22.8. The number of benzene rings is 3. The lowest BCUT2D eigenvalue weighted by atomic mass is 9.84. The Bertz CT molecular complexity index is 1430. The van der Waals surface area contributed by atoms with Gasteiger partial charge in [-0.05, 0) is 68.8 Å². The number of cyclic esters (lactones) is 1. The van der Waals surface area contributed by atoms with E-state index in [0.29, 0.717) is 45.5 Å². The van der Waals surface area contributed by atoms with Crippen LogP contribution in [0.15, 0.2) is 76.9 Å². The number of carbonyl (C=O) groups excluding carboxylic acids is 1. The summed E-state index contributed by atoms with van der Waals surface area (Å²) in [6.45, 7) is 6.47. The summed E-state index contributed by atoms with van der Waals surface area (Å²) >= 11 is 0. The minimum absolute atomic E-state index is 0.0142. The minimum Gasteiger partial charge on any atom is -0.497 e. The van der Waals surface area contributed by atoms with Crippen LogP contribution in [0.1, 0.15) is 43.0 Å². The molecule has 5 rings (SSSR count). The number of nitrogens with zero attached hydrogens (tertiary/aromatic N) is 2. The van der Waals surface area contributed by atoms with Gasteiger partial charge in [-0.15, -0.1) is 0 Å². The normalized spacial score (nSPS) is 18.3. The first-order valence-electron chi connectivity index (χ1n) is 11.3. The predicted octanol–water partition coefficient (Wildman–Crippen LogP) is 4.93. The second-order valence-corrected chi connectivity index (χ2v) is 9.71. The molecule has 1 N–H and O–H groups in total. The summed E-state index contributed by atoms with van der Waals surface area (Å²) in [5.41, 5.74) is 5.00. The van der Waals surface area contributed by atoms with Crippen molar-refractivity contribution in [3.05, 3.63) is 94.6 Å². The van der Waals surface area contributed by atoms with Crippen LogP contribution >= 0.6 is 0 Å². The molecule has 0 radical (unpaired) electrons. The zero-order valence-corrected chi connectivity index (χ0v) is 20.0. The standard InChI is InChI=1S/C28H26N2O5/c1-27(2,3)19-8-5-17(6-9-19)15-22-25(18-7-14-23-24(16-18)30-35-29-23)26(31)34-28(22,32)20-10-12-21(33-4)13-11-20/h5-14,16,32H,15H2,1-4H3. The van der Waals surface area contributed by atoms with Gasteiger partial charge in [0, 0.05) is 17.6 Å². The number of methoxy groups -OCH3 is 1. The van der Waals surface area contributed by atoms with Crippen molar-refractivity contribution in [1.29, 1.82) is 0 Å². The molecule has 1 aliphatic rings. The second-order valence-electron chi connectivity index (χ2n) is 9.71. The third kappa shape index (κ3) is 4.08. The van der Waals surface area contributed by atoms with Crippen molar-refractivity contribution in [3.8, 4) is 5.75 Å². The summed E-state index contributed by atoms with van der Waals surface area (Å²) in [4.78, 5) is 13.2. The number of hydrogen-bond acceptors (Lipinski definition) is 7. The number of ether oxygens (including phenoxy) is 2. The molecule has 0 saturated carbocycles. The fourth-order valence-corrected chi connectivity index (χ4v) is 4.35. The lowest BCUT2D eigenvalue weighted by molar-refractivity contribution is -0.185. The third-order valence-electron chi connectivity index (χ3n) is 6.38. The van der Waals surface area contributed by atoms with Gasteiger partial charge in [-0.25, -0.2) is 9.42 Å². The molecule has 1 unspecified atom stereocenters. The summed E-state index contributed by atoms with van der Waals surface area (Å²) in [7, 11) is 1.57. The molecule has 0 fully saturated rings. The molecule has 0 saturated heterocycles. The molecule has 178 valence electrons. The molecular formula is C28H26N2O5. The Hall–Kier alpha value is -3.97. The smallest absolute Gasteiger partial charge is 0.342 e. The van der Waals surface area contributed by atoms with E-state index in [4.69, 9.17) is 14.1 Å². The van der Waals surface area contributed by atoms with Crippen LogP contribution in [0, 0.1) is 0 Å². The lowest BCUT2D eigenvalue weighted by Gasteiger charge is -2.26. The van der Waals surface area contributed by atoms with Crippen LogP contribution in [-0.4, -0.2) is 28.5 Å². The first-order valence-corrected chi connectivity index (χ1v) is 11.3. The first-order chi connectivity index (χ1) is 16.7. The minimum atomic E-state index is -1.93. The van der Waals surface area contributed by atoms with E-state index in [1.807, 2.05) is 12.1 Å². The molecule has 1 aliphatic heterocycles. The Labute approximate surface area is 203 Å². The van der Waals surface area contributed by atoms with Gasteiger partial charge in [-0.1, -0.05) is 51.1 Å². The van der Waals surface area contributed by atoms with Gasteiger partial charge in [0.1, 0.15) is 16.8 Å². The van der Waals surface area contributed by atoms with Crippen LogP contribution in [0.25, 0.3) is 16.6 Å². The SMILES string of the molecule is COc1ccc(C2(O)OC(=O)C(c3ccc4nonc4c3)=C2Cc2ccc(C(C)(C)C)cc2)cc1. The summed E-state index contributed by atoms with van der Waals surface area (Å²) in [6, 6.07) is 20.2. The fourth-order valence-electron chi connectivity index (χ4n) is 4.35. The Morgan fingerprint density at radius 2 is 1.63 bits per heavy atom. The molecule has 2 heterocycles. The highest BCUT2D eigenvalue weighted by Crippen LogP contribution is 2.45. The molecule has 0 aliphatic carbocycles. The number of fused-ring (bicyclic) bond motifs is 1. The summed E-state index contributed by atoms with van der Waals surface area (Å²) < 4.78 is 15.7. The van der Waals surface area contributed by atoms with Crippen molar-refractivity contribution < 1.29 is 24.0 Å². The van der Waals surface area contributed by atoms with E-state index in [9.17, 15) is 9.90 Å². The quantitative estimate of drug-likeness (QED) is 0.413. The van der Waals surface area contributed by atoms with E-state index in [0.717, 1.165) is 5.56 Å². The molecule has 0 bridgehead atoms. The summed E-state index contributed by atoms with van der Waals surface area (Å²) in [5, 5.41) is 19.5. The van der Waals surface area contributed by atoms with E-state index in [1.165, 1.54) is 5.56 Å². The van der Waals surface area contributed by atoms with E-state index in [-0.39, 0.29) is 5.41 Å². The van der Waals surface area contributed by atoms with Gasteiger partial charge in [0.25, 0.3) is 5.79 Å². The van der Waals surface area contributed by atoms with Crippen LogP contribution in [0.3, 0.4) is 0 Å². The number of aromatic nitrogens is 2. The molecular weight excluding hydrogens is 444 g/mol. The second kappa shape index (κ2) is 8.36. The number of esters is 1. The van der Waals surface area contributed by atoms with Gasteiger partial charge in [0.05, 0.1) is 12.7 Å².